The van der Waals surface area contributed by atoms with Crippen LogP contribution in [-0.4, -0.2) is 31.2 Å². The van der Waals surface area contributed by atoms with Crippen molar-refractivity contribution >= 4 is 0 Å². The topological polar surface area (TPSA) is 46.8 Å². The molecule has 0 radical (unpaired) electrons. The fourth-order valence-corrected chi connectivity index (χ4v) is 4.36. The molecule has 0 unspecified atom stereocenters. The second-order valence-corrected chi connectivity index (χ2v) is 7.80. The van der Waals surface area contributed by atoms with Crippen LogP contribution in [0.3, 0.4) is 0 Å². The number of hydrogen-bond donors (Lipinski definition) is 0. The first-order valence-electron chi connectivity index (χ1n) is 10.1. The fraction of sp³-hybridized carbons (Fsp3) is 0.409. The van der Waals surface area contributed by atoms with Gasteiger partial charge in [-0.1, -0.05) is 6.07 Å². The van der Waals surface area contributed by atoms with Gasteiger partial charge in [0, 0.05) is 37.1 Å². The van der Waals surface area contributed by atoms with E-state index >= 15 is 0 Å². The van der Waals surface area contributed by atoms with E-state index in [0.29, 0.717) is 11.4 Å². The lowest BCUT2D eigenvalue weighted by atomic mass is 9.96. The van der Waals surface area contributed by atoms with Gasteiger partial charge < -0.3 is 0 Å². The minimum atomic E-state index is -0.323. The van der Waals surface area contributed by atoms with Gasteiger partial charge in [-0.25, -0.2) is 4.39 Å². The van der Waals surface area contributed by atoms with Crippen molar-refractivity contribution in [1.29, 1.82) is 0 Å². The lowest BCUT2D eigenvalue weighted by molar-refractivity contribution is 0.202. The van der Waals surface area contributed by atoms with Gasteiger partial charge in [0.1, 0.15) is 11.4 Å². The van der Waals surface area contributed by atoms with Crippen LogP contribution in [0.15, 0.2) is 30.5 Å². The molecule has 0 amide bonds. The standard InChI is InChI=1S/C22H24FN5/c1-15-20-14-27(13-17-9-8-16-5-2-3-7-19(16)25-17)11-12-28(20)26-21(15)22-18(23)6-4-10-24-22/h4,6,8-10H,2-3,5,7,11-14H2,1H3. The summed E-state index contributed by atoms with van der Waals surface area (Å²) in [4.78, 5) is 11.5. The predicted molar refractivity (Wildman–Crippen MR) is 105 cm³/mol. The Bertz CT molecular complexity index is 1030. The van der Waals surface area contributed by atoms with Crippen LogP contribution in [0.5, 0.6) is 0 Å². The van der Waals surface area contributed by atoms with Crippen molar-refractivity contribution in [1.82, 2.24) is 24.6 Å². The van der Waals surface area contributed by atoms with Crippen LogP contribution in [0.2, 0.25) is 0 Å². The second-order valence-electron chi connectivity index (χ2n) is 7.80. The first-order chi connectivity index (χ1) is 13.7. The van der Waals surface area contributed by atoms with Crippen LogP contribution in [0.25, 0.3) is 11.4 Å². The first-order valence-corrected chi connectivity index (χ1v) is 10.1. The molecule has 0 N–H and O–H groups in total. The zero-order valence-corrected chi connectivity index (χ0v) is 16.2. The van der Waals surface area contributed by atoms with E-state index in [2.05, 4.69) is 27.1 Å². The van der Waals surface area contributed by atoms with Crippen LogP contribution >= 0.6 is 0 Å². The van der Waals surface area contributed by atoms with Crippen LogP contribution in [-0.2, 0) is 32.5 Å². The lowest BCUT2D eigenvalue weighted by Crippen LogP contribution is -2.34. The van der Waals surface area contributed by atoms with Gasteiger partial charge in [0.15, 0.2) is 5.82 Å². The number of rotatable bonds is 3. The molecule has 0 spiro atoms. The van der Waals surface area contributed by atoms with Gasteiger partial charge in [-0.05, 0) is 56.4 Å². The number of nitrogens with zero attached hydrogens (tertiary/aromatic N) is 5. The third kappa shape index (κ3) is 3.11. The Hall–Kier alpha value is -2.60. The van der Waals surface area contributed by atoms with E-state index in [9.17, 15) is 4.39 Å². The summed E-state index contributed by atoms with van der Waals surface area (Å²) >= 11 is 0. The number of halogens is 1. The highest BCUT2D eigenvalue weighted by atomic mass is 19.1. The molecule has 2 aliphatic rings. The zero-order valence-electron chi connectivity index (χ0n) is 16.2. The third-order valence-corrected chi connectivity index (χ3v) is 5.93. The SMILES string of the molecule is Cc1c(-c2ncccc2F)nn2c1CN(Cc1ccc3c(n1)CCCC3)CC2. The maximum absolute atomic E-state index is 14.2. The lowest BCUT2D eigenvalue weighted by Gasteiger charge is -2.28. The van der Waals surface area contributed by atoms with Crippen molar-refractivity contribution in [2.24, 2.45) is 0 Å². The van der Waals surface area contributed by atoms with Crippen LogP contribution < -0.4 is 0 Å². The summed E-state index contributed by atoms with van der Waals surface area (Å²) in [5.41, 5.74) is 7.00. The molecule has 3 aromatic rings. The molecule has 5 rings (SSSR count). The Morgan fingerprint density at radius 2 is 1.96 bits per heavy atom. The molecule has 5 nitrogen and oxygen atoms in total. The largest absolute Gasteiger partial charge is 0.290 e. The van der Waals surface area contributed by atoms with E-state index in [0.717, 1.165) is 56.0 Å². The quantitative estimate of drug-likeness (QED) is 0.699. The smallest absolute Gasteiger partial charge is 0.151 e. The molecule has 3 aromatic heterocycles. The summed E-state index contributed by atoms with van der Waals surface area (Å²) in [7, 11) is 0. The number of aromatic nitrogens is 4. The van der Waals surface area contributed by atoms with E-state index in [1.54, 1.807) is 12.3 Å². The molecule has 0 saturated carbocycles. The van der Waals surface area contributed by atoms with E-state index in [-0.39, 0.29) is 5.82 Å². The summed E-state index contributed by atoms with van der Waals surface area (Å²) < 4.78 is 16.2. The van der Waals surface area contributed by atoms with Gasteiger partial charge in [0.25, 0.3) is 0 Å². The zero-order chi connectivity index (χ0) is 19.1. The maximum Gasteiger partial charge on any atom is 0.151 e. The van der Waals surface area contributed by atoms with Gasteiger partial charge in [0.2, 0.25) is 0 Å². The number of fused-ring (bicyclic) bond motifs is 2. The van der Waals surface area contributed by atoms with E-state index in [4.69, 9.17) is 4.98 Å². The fourth-order valence-electron chi connectivity index (χ4n) is 4.36. The molecule has 6 heteroatoms. The molecule has 0 atom stereocenters. The Labute approximate surface area is 164 Å². The third-order valence-electron chi connectivity index (χ3n) is 5.93. The monoisotopic (exact) mass is 377 g/mol. The Kier molecular flexibility index (Phi) is 4.43. The summed E-state index contributed by atoms with van der Waals surface area (Å²) in [5, 5.41) is 4.65. The summed E-state index contributed by atoms with van der Waals surface area (Å²) in [6.07, 6.45) is 6.41. The summed E-state index contributed by atoms with van der Waals surface area (Å²) in [6.45, 7) is 5.37. The Morgan fingerprint density at radius 3 is 2.86 bits per heavy atom. The van der Waals surface area contributed by atoms with Gasteiger partial charge in [-0.3, -0.25) is 19.5 Å². The predicted octanol–water partition coefficient (Wildman–Crippen LogP) is 3.68. The average molecular weight is 377 g/mol. The molecule has 0 bridgehead atoms. The van der Waals surface area contributed by atoms with Crippen molar-refractivity contribution in [3.63, 3.8) is 0 Å². The first kappa shape index (κ1) is 17.5. The highest BCUT2D eigenvalue weighted by molar-refractivity contribution is 5.60. The molecule has 1 aliphatic carbocycles. The highest BCUT2D eigenvalue weighted by Gasteiger charge is 2.25. The number of pyridine rings is 2. The molecular formula is C22H24FN5. The summed E-state index contributed by atoms with van der Waals surface area (Å²) in [5.74, 6) is -0.323. The molecule has 4 heterocycles. The average Bonchev–Trinajstić information content (AvgIpc) is 3.04. The van der Waals surface area contributed by atoms with Crippen LogP contribution in [0.4, 0.5) is 4.39 Å². The van der Waals surface area contributed by atoms with Crippen molar-refractivity contribution in [3.8, 4) is 11.4 Å². The van der Waals surface area contributed by atoms with Gasteiger partial charge in [-0.2, -0.15) is 5.10 Å². The van der Waals surface area contributed by atoms with Crippen molar-refractivity contribution in [2.75, 3.05) is 6.54 Å². The molecular weight excluding hydrogens is 353 g/mol. The number of hydrogen-bond acceptors (Lipinski definition) is 4. The molecule has 0 saturated heterocycles. The van der Waals surface area contributed by atoms with Gasteiger partial charge in [-0.15, -0.1) is 0 Å². The number of aryl methyl sites for hydroxylation is 2. The van der Waals surface area contributed by atoms with Crippen molar-refractivity contribution < 1.29 is 4.39 Å². The van der Waals surface area contributed by atoms with Crippen molar-refractivity contribution in [3.05, 3.63) is 64.5 Å². The van der Waals surface area contributed by atoms with Gasteiger partial charge in [0.05, 0.1) is 17.9 Å². The Balaban J connectivity index is 1.38. The minimum Gasteiger partial charge on any atom is -0.290 e. The van der Waals surface area contributed by atoms with Crippen LogP contribution in [0, 0.1) is 12.7 Å². The summed E-state index contributed by atoms with van der Waals surface area (Å²) in [6, 6.07) is 7.49. The normalized spacial score (nSPS) is 16.6. The highest BCUT2D eigenvalue weighted by Crippen LogP contribution is 2.28. The van der Waals surface area contributed by atoms with E-state index in [1.807, 2.05) is 11.6 Å². The molecule has 0 fully saturated rings. The maximum atomic E-state index is 14.2. The van der Waals surface area contributed by atoms with Crippen molar-refractivity contribution in [2.45, 2.75) is 52.2 Å². The molecule has 0 aromatic carbocycles. The van der Waals surface area contributed by atoms with E-state index in [1.165, 1.54) is 30.2 Å². The van der Waals surface area contributed by atoms with Crippen LogP contribution in [0.1, 0.15) is 41.1 Å². The van der Waals surface area contributed by atoms with Gasteiger partial charge >= 0.3 is 0 Å². The van der Waals surface area contributed by atoms with E-state index < -0.39 is 0 Å². The Morgan fingerprint density at radius 1 is 1.07 bits per heavy atom. The molecule has 1 aliphatic heterocycles. The second kappa shape index (κ2) is 7.09. The minimum absolute atomic E-state index is 0.323. The molecule has 144 valence electrons. The molecule has 28 heavy (non-hydrogen) atoms.